The molecule has 0 aliphatic carbocycles. The summed E-state index contributed by atoms with van der Waals surface area (Å²) in [6.45, 7) is 3.14. The van der Waals surface area contributed by atoms with Crippen LogP contribution in [0.4, 0.5) is 0 Å². The molecule has 2 heterocycles. The highest BCUT2D eigenvalue weighted by molar-refractivity contribution is 9.10. The maximum Gasteiger partial charge on any atom is 0.0699 e. The molecule has 0 spiro atoms. The molecule has 0 fully saturated rings. The first-order valence-electron chi connectivity index (χ1n) is 5.68. The molecule has 0 saturated heterocycles. The number of rotatable bonds is 5. The van der Waals surface area contributed by atoms with Gasteiger partial charge in [0.15, 0.2) is 0 Å². The van der Waals surface area contributed by atoms with E-state index < -0.39 is 0 Å². The second-order valence-corrected chi connectivity index (χ2v) is 5.78. The van der Waals surface area contributed by atoms with Gasteiger partial charge in [-0.25, -0.2) is 0 Å². The zero-order valence-electron chi connectivity index (χ0n) is 9.98. The van der Waals surface area contributed by atoms with Crippen LogP contribution in [0.2, 0.25) is 0 Å². The van der Waals surface area contributed by atoms with E-state index in [4.69, 9.17) is 0 Å². The number of hydrogen-bond donors (Lipinski definition) is 1. The van der Waals surface area contributed by atoms with E-state index in [1.807, 2.05) is 17.9 Å². The normalized spacial score (nSPS) is 12.9. The molecular formula is C12H16BrN3S. The first-order valence-corrected chi connectivity index (χ1v) is 7.35. The van der Waals surface area contributed by atoms with Crippen molar-refractivity contribution in [2.75, 3.05) is 7.05 Å². The van der Waals surface area contributed by atoms with Gasteiger partial charge in [-0.1, -0.05) is 6.92 Å². The Morgan fingerprint density at radius 1 is 1.59 bits per heavy atom. The van der Waals surface area contributed by atoms with Gasteiger partial charge in [-0.05, 0) is 35.5 Å². The van der Waals surface area contributed by atoms with Crippen LogP contribution in [0.3, 0.4) is 0 Å². The molecule has 2 rings (SSSR count). The lowest BCUT2D eigenvalue weighted by atomic mass is 10.1. The first kappa shape index (κ1) is 12.8. The third-order valence-electron chi connectivity index (χ3n) is 2.60. The van der Waals surface area contributed by atoms with Gasteiger partial charge < -0.3 is 5.32 Å². The number of nitrogens with one attached hydrogen (secondary N) is 1. The van der Waals surface area contributed by atoms with E-state index in [0.29, 0.717) is 0 Å². The molecule has 92 valence electrons. The molecule has 3 nitrogen and oxygen atoms in total. The summed E-state index contributed by atoms with van der Waals surface area (Å²) in [6.07, 6.45) is 5.18. The molecule has 0 bridgehead atoms. The SMILES string of the molecule is CCCn1cc(C(NC)c2cc(Br)cs2)cn1. The van der Waals surface area contributed by atoms with Crippen LogP contribution in [0.5, 0.6) is 0 Å². The van der Waals surface area contributed by atoms with E-state index in [-0.39, 0.29) is 6.04 Å². The van der Waals surface area contributed by atoms with E-state index in [9.17, 15) is 0 Å². The predicted octanol–water partition coefficient (Wildman–Crippen LogP) is 3.43. The van der Waals surface area contributed by atoms with Gasteiger partial charge in [0.05, 0.1) is 12.2 Å². The molecule has 0 saturated carbocycles. The minimum absolute atomic E-state index is 0.233. The van der Waals surface area contributed by atoms with Gasteiger partial charge in [-0.2, -0.15) is 5.10 Å². The topological polar surface area (TPSA) is 29.9 Å². The van der Waals surface area contributed by atoms with Crippen molar-refractivity contribution >= 4 is 27.3 Å². The third-order valence-corrected chi connectivity index (χ3v) is 4.36. The molecular weight excluding hydrogens is 298 g/mol. The highest BCUT2D eigenvalue weighted by Crippen LogP contribution is 2.29. The minimum atomic E-state index is 0.233. The predicted molar refractivity (Wildman–Crippen MR) is 75.4 cm³/mol. The smallest absolute Gasteiger partial charge is 0.0699 e. The van der Waals surface area contributed by atoms with E-state index in [1.54, 1.807) is 11.3 Å². The van der Waals surface area contributed by atoms with E-state index in [2.05, 4.69) is 50.9 Å². The molecule has 17 heavy (non-hydrogen) atoms. The summed E-state index contributed by atoms with van der Waals surface area (Å²) < 4.78 is 3.14. The Labute approximate surface area is 114 Å². The Balaban J connectivity index is 2.22. The Morgan fingerprint density at radius 2 is 2.41 bits per heavy atom. The molecule has 2 aromatic rings. The third kappa shape index (κ3) is 2.97. The van der Waals surface area contributed by atoms with Crippen molar-refractivity contribution in [2.45, 2.75) is 25.9 Å². The van der Waals surface area contributed by atoms with Crippen molar-refractivity contribution in [3.8, 4) is 0 Å². The highest BCUT2D eigenvalue weighted by Gasteiger charge is 2.15. The van der Waals surface area contributed by atoms with Crippen LogP contribution in [0.1, 0.15) is 29.8 Å². The summed E-state index contributed by atoms with van der Waals surface area (Å²) in [5, 5.41) is 9.82. The van der Waals surface area contributed by atoms with Crippen LogP contribution in [0.25, 0.3) is 0 Å². The van der Waals surface area contributed by atoms with E-state index in [1.165, 1.54) is 10.4 Å². The lowest BCUT2D eigenvalue weighted by Gasteiger charge is -2.11. The van der Waals surface area contributed by atoms with Gasteiger partial charge in [-0.15, -0.1) is 11.3 Å². The van der Waals surface area contributed by atoms with Crippen molar-refractivity contribution < 1.29 is 0 Å². The van der Waals surface area contributed by atoms with Crippen LogP contribution >= 0.6 is 27.3 Å². The van der Waals surface area contributed by atoms with Gasteiger partial charge in [-0.3, -0.25) is 4.68 Å². The number of nitrogens with zero attached hydrogens (tertiary/aromatic N) is 2. The van der Waals surface area contributed by atoms with Crippen LogP contribution in [-0.4, -0.2) is 16.8 Å². The Bertz CT molecular complexity index is 478. The van der Waals surface area contributed by atoms with E-state index >= 15 is 0 Å². The quantitative estimate of drug-likeness (QED) is 0.916. The van der Waals surface area contributed by atoms with Gasteiger partial charge in [0.2, 0.25) is 0 Å². The van der Waals surface area contributed by atoms with E-state index in [0.717, 1.165) is 17.4 Å². The van der Waals surface area contributed by atoms with Crippen molar-refractivity contribution in [1.82, 2.24) is 15.1 Å². The summed E-state index contributed by atoms with van der Waals surface area (Å²) in [4.78, 5) is 1.30. The van der Waals surface area contributed by atoms with Crippen LogP contribution in [-0.2, 0) is 6.54 Å². The van der Waals surface area contributed by atoms with Crippen LogP contribution in [0.15, 0.2) is 28.3 Å². The number of hydrogen-bond acceptors (Lipinski definition) is 3. The summed E-state index contributed by atoms with van der Waals surface area (Å²) >= 11 is 5.25. The molecule has 0 aromatic carbocycles. The second kappa shape index (κ2) is 5.80. The summed E-state index contributed by atoms with van der Waals surface area (Å²) in [6, 6.07) is 2.39. The molecule has 0 radical (unpaired) electrons. The molecule has 2 aromatic heterocycles. The van der Waals surface area contributed by atoms with Crippen molar-refractivity contribution in [2.24, 2.45) is 0 Å². The number of aromatic nitrogens is 2. The molecule has 1 unspecified atom stereocenters. The monoisotopic (exact) mass is 313 g/mol. The number of halogens is 1. The number of thiophene rings is 1. The fraction of sp³-hybridized carbons (Fsp3) is 0.417. The molecule has 0 aliphatic rings. The van der Waals surface area contributed by atoms with Gasteiger partial charge in [0.1, 0.15) is 0 Å². The van der Waals surface area contributed by atoms with Crippen molar-refractivity contribution in [3.63, 3.8) is 0 Å². The highest BCUT2D eigenvalue weighted by atomic mass is 79.9. The Hall–Kier alpha value is -0.650. The largest absolute Gasteiger partial charge is 0.309 e. The maximum atomic E-state index is 4.38. The molecule has 1 N–H and O–H groups in total. The first-order chi connectivity index (χ1) is 8.24. The fourth-order valence-corrected chi connectivity index (χ4v) is 3.41. The second-order valence-electron chi connectivity index (χ2n) is 3.93. The van der Waals surface area contributed by atoms with Gasteiger partial charge >= 0.3 is 0 Å². The summed E-state index contributed by atoms with van der Waals surface area (Å²) in [5.74, 6) is 0. The lowest BCUT2D eigenvalue weighted by molar-refractivity contribution is 0.600. The fourth-order valence-electron chi connectivity index (χ4n) is 1.83. The van der Waals surface area contributed by atoms with Crippen molar-refractivity contribution in [1.29, 1.82) is 0 Å². The summed E-state index contributed by atoms with van der Waals surface area (Å²) in [5.41, 5.74) is 1.22. The van der Waals surface area contributed by atoms with Gasteiger partial charge in [0, 0.05) is 33.0 Å². The summed E-state index contributed by atoms with van der Waals surface area (Å²) in [7, 11) is 1.98. The Kier molecular flexibility index (Phi) is 4.36. The lowest BCUT2D eigenvalue weighted by Crippen LogP contribution is -2.15. The van der Waals surface area contributed by atoms with Crippen LogP contribution in [0, 0.1) is 0 Å². The van der Waals surface area contributed by atoms with Crippen molar-refractivity contribution in [3.05, 3.63) is 38.8 Å². The number of aryl methyl sites for hydroxylation is 1. The van der Waals surface area contributed by atoms with Gasteiger partial charge in [0.25, 0.3) is 0 Å². The minimum Gasteiger partial charge on any atom is -0.309 e. The standard InChI is InChI=1S/C12H16BrN3S/c1-3-4-16-7-9(6-15-16)12(14-2)11-5-10(13)8-17-11/h5-8,12,14H,3-4H2,1-2H3. The zero-order valence-corrected chi connectivity index (χ0v) is 12.4. The molecule has 0 aliphatic heterocycles. The van der Waals surface area contributed by atoms with Crippen LogP contribution < -0.4 is 5.32 Å². The Morgan fingerprint density at radius 3 is 3.00 bits per heavy atom. The molecule has 0 amide bonds. The average molecular weight is 314 g/mol. The zero-order chi connectivity index (χ0) is 12.3. The maximum absolute atomic E-state index is 4.38. The molecule has 5 heteroatoms. The average Bonchev–Trinajstić information content (AvgIpc) is 2.91. The molecule has 1 atom stereocenters.